The van der Waals surface area contributed by atoms with E-state index in [0.717, 1.165) is 22.4 Å². The minimum absolute atomic E-state index is 0.618. The SMILES string of the molecule is CN(Cc1cc(N)ccc1Cl)c1nccc2c1ncn2C. The van der Waals surface area contributed by atoms with Crippen LogP contribution in [0.25, 0.3) is 11.0 Å². The molecular formula is C15H16ClN5. The number of hydrogen-bond acceptors (Lipinski definition) is 4. The number of rotatable bonds is 3. The molecule has 6 heteroatoms. The number of hydrogen-bond donors (Lipinski definition) is 1. The molecule has 0 atom stereocenters. The molecule has 0 saturated carbocycles. The Kier molecular flexibility index (Phi) is 3.43. The Morgan fingerprint density at radius 3 is 2.90 bits per heavy atom. The summed E-state index contributed by atoms with van der Waals surface area (Å²) >= 11 is 6.23. The van der Waals surface area contributed by atoms with E-state index in [1.54, 1.807) is 18.6 Å². The highest BCUT2D eigenvalue weighted by Gasteiger charge is 2.13. The van der Waals surface area contributed by atoms with Crippen molar-refractivity contribution in [1.29, 1.82) is 0 Å². The van der Waals surface area contributed by atoms with Gasteiger partial charge < -0.3 is 15.2 Å². The van der Waals surface area contributed by atoms with Crippen LogP contribution in [-0.2, 0) is 13.6 Å². The number of anilines is 2. The Labute approximate surface area is 128 Å². The molecule has 0 fully saturated rings. The molecule has 2 heterocycles. The maximum atomic E-state index is 6.23. The molecule has 0 radical (unpaired) electrons. The van der Waals surface area contributed by atoms with Crippen molar-refractivity contribution in [2.45, 2.75) is 6.54 Å². The predicted octanol–water partition coefficient (Wildman–Crippen LogP) is 2.84. The predicted molar refractivity (Wildman–Crippen MR) is 86.5 cm³/mol. The van der Waals surface area contributed by atoms with Gasteiger partial charge in [-0.1, -0.05) is 11.6 Å². The standard InChI is InChI=1S/C15H16ClN5/c1-20(8-10-7-11(17)3-4-12(10)16)15-14-13(5-6-18-15)21(2)9-19-14/h3-7,9H,8,17H2,1-2H3. The Bertz CT molecular complexity index is 796. The number of imidazole rings is 1. The van der Waals surface area contributed by atoms with Crippen LogP contribution in [0, 0.1) is 0 Å². The van der Waals surface area contributed by atoms with Crippen LogP contribution in [0.4, 0.5) is 11.5 Å². The highest BCUT2D eigenvalue weighted by atomic mass is 35.5. The van der Waals surface area contributed by atoms with Gasteiger partial charge in [0.05, 0.1) is 11.8 Å². The van der Waals surface area contributed by atoms with E-state index in [9.17, 15) is 0 Å². The van der Waals surface area contributed by atoms with Gasteiger partial charge in [0.2, 0.25) is 0 Å². The highest BCUT2D eigenvalue weighted by molar-refractivity contribution is 6.31. The first-order valence-corrected chi connectivity index (χ1v) is 6.95. The van der Waals surface area contributed by atoms with Gasteiger partial charge in [0.25, 0.3) is 0 Å². The summed E-state index contributed by atoms with van der Waals surface area (Å²) in [5.41, 5.74) is 9.42. The Morgan fingerprint density at radius 2 is 2.10 bits per heavy atom. The van der Waals surface area contributed by atoms with Gasteiger partial charge in [0, 0.05) is 37.5 Å². The van der Waals surface area contributed by atoms with Crippen LogP contribution < -0.4 is 10.6 Å². The van der Waals surface area contributed by atoms with Crippen molar-refractivity contribution >= 4 is 34.1 Å². The van der Waals surface area contributed by atoms with Crippen LogP contribution in [0.2, 0.25) is 5.02 Å². The summed E-state index contributed by atoms with van der Waals surface area (Å²) in [6.45, 7) is 0.618. The summed E-state index contributed by atoms with van der Waals surface area (Å²) in [5, 5.41) is 0.698. The van der Waals surface area contributed by atoms with Crippen molar-refractivity contribution in [2.75, 3.05) is 17.7 Å². The van der Waals surface area contributed by atoms with Gasteiger partial charge in [-0.3, -0.25) is 0 Å². The van der Waals surface area contributed by atoms with Gasteiger partial charge in [-0.15, -0.1) is 0 Å². The first-order valence-electron chi connectivity index (χ1n) is 6.57. The molecule has 0 unspecified atom stereocenters. The van der Waals surface area contributed by atoms with Gasteiger partial charge in [-0.05, 0) is 29.8 Å². The Morgan fingerprint density at radius 1 is 1.29 bits per heavy atom. The van der Waals surface area contributed by atoms with Crippen LogP contribution in [0.3, 0.4) is 0 Å². The lowest BCUT2D eigenvalue weighted by Gasteiger charge is -2.19. The third-order valence-electron chi connectivity index (χ3n) is 3.46. The summed E-state index contributed by atoms with van der Waals surface area (Å²) in [4.78, 5) is 10.9. The van der Waals surface area contributed by atoms with Gasteiger partial charge >= 0.3 is 0 Å². The second-order valence-electron chi connectivity index (χ2n) is 5.06. The normalized spacial score (nSPS) is 11.0. The number of nitrogens with zero attached hydrogens (tertiary/aromatic N) is 4. The second kappa shape index (κ2) is 5.26. The zero-order chi connectivity index (χ0) is 15.0. The number of nitrogen functional groups attached to an aromatic ring is 1. The van der Waals surface area contributed by atoms with Crippen LogP contribution >= 0.6 is 11.6 Å². The summed E-state index contributed by atoms with van der Waals surface area (Å²) in [7, 11) is 3.93. The number of nitrogens with two attached hydrogens (primary N) is 1. The molecule has 3 rings (SSSR count). The summed E-state index contributed by atoms with van der Waals surface area (Å²) in [5.74, 6) is 0.826. The monoisotopic (exact) mass is 301 g/mol. The molecular weight excluding hydrogens is 286 g/mol. The van der Waals surface area contributed by atoms with Crippen molar-refractivity contribution in [2.24, 2.45) is 7.05 Å². The molecule has 0 saturated heterocycles. The van der Waals surface area contributed by atoms with E-state index in [1.807, 2.05) is 41.8 Å². The largest absolute Gasteiger partial charge is 0.399 e. The van der Waals surface area contributed by atoms with Gasteiger partial charge in [-0.25, -0.2) is 9.97 Å². The van der Waals surface area contributed by atoms with Crippen molar-refractivity contribution < 1.29 is 0 Å². The number of pyridine rings is 1. The molecule has 1 aromatic carbocycles. The number of benzene rings is 1. The van der Waals surface area contributed by atoms with E-state index in [2.05, 4.69) is 9.97 Å². The number of halogens is 1. The third-order valence-corrected chi connectivity index (χ3v) is 3.83. The van der Waals surface area contributed by atoms with E-state index >= 15 is 0 Å². The fraction of sp³-hybridized carbons (Fsp3) is 0.200. The molecule has 21 heavy (non-hydrogen) atoms. The lowest BCUT2D eigenvalue weighted by molar-refractivity contribution is 0.903. The molecule has 3 aromatic rings. The quantitative estimate of drug-likeness (QED) is 0.756. The number of fused-ring (bicyclic) bond motifs is 1. The molecule has 0 bridgehead atoms. The van der Waals surface area contributed by atoms with Gasteiger partial charge in [0.1, 0.15) is 5.52 Å². The Balaban J connectivity index is 1.97. The zero-order valence-electron chi connectivity index (χ0n) is 11.9. The average molecular weight is 302 g/mol. The molecule has 2 N–H and O–H groups in total. The van der Waals surface area contributed by atoms with Crippen LogP contribution in [0.1, 0.15) is 5.56 Å². The summed E-state index contributed by atoms with van der Waals surface area (Å²) < 4.78 is 1.97. The number of aromatic nitrogens is 3. The third kappa shape index (κ3) is 2.52. The maximum Gasteiger partial charge on any atom is 0.156 e. The second-order valence-corrected chi connectivity index (χ2v) is 5.47. The fourth-order valence-electron chi connectivity index (χ4n) is 2.37. The topological polar surface area (TPSA) is 60.0 Å². The zero-order valence-corrected chi connectivity index (χ0v) is 12.7. The van der Waals surface area contributed by atoms with E-state index in [0.29, 0.717) is 17.3 Å². The lowest BCUT2D eigenvalue weighted by Crippen LogP contribution is -2.18. The molecule has 0 spiro atoms. The van der Waals surface area contributed by atoms with Crippen molar-refractivity contribution in [3.05, 3.63) is 47.4 Å². The Hall–Kier alpha value is -2.27. The van der Waals surface area contributed by atoms with Crippen molar-refractivity contribution in [3.8, 4) is 0 Å². The minimum atomic E-state index is 0.618. The molecule has 108 valence electrons. The van der Waals surface area contributed by atoms with E-state index in [-0.39, 0.29) is 0 Å². The molecule has 0 aliphatic carbocycles. The van der Waals surface area contributed by atoms with E-state index in [1.165, 1.54) is 0 Å². The fourth-order valence-corrected chi connectivity index (χ4v) is 2.55. The van der Waals surface area contributed by atoms with Gasteiger partial charge in [-0.2, -0.15) is 0 Å². The van der Waals surface area contributed by atoms with Crippen molar-refractivity contribution in [3.63, 3.8) is 0 Å². The minimum Gasteiger partial charge on any atom is -0.399 e. The van der Waals surface area contributed by atoms with Crippen molar-refractivity contribution in [1.82, 2.24) is 14.5 Å². The van der Waals surface area contributed by atoms with Crippen LogP contribution in [-0.4, -0.2) is 21.6 Å². The van der Waals surface area contributed by atoms with Gasteiger partial charge in [0.15, 0.2) is 5.82 Å². The number of aryl methyl sites for hydroxylation is 1. The molecule has 5 nitrogen and oxygen atoms in total. The van der Waals surface area contributed by atoms with Crippen LogP contribution in [0.15, 0.2) is 36.8 Å². The molecule has 0 aliphatic rings. The summed E-state index contributed by atoms with van der Waals surface area (Å²) in [6, 6.07) is 7.45. The smallest absolute Gasteiger partial charge is 0.156 e. The molecule has 0 amide bonds. The first-order chi connectivity index (χ1) is 10.1. The van der Waals surface area contributed by atoms with E-state index < -0.39 is 0 Å². The van der Waals surface area contributed by atoms with E-state index in [4.69, 9.17) is 17.3 Å². The molecule has 0 aliphatic heterocycles. The molecule has 2 aromatic heterocycles. The highest BCUT2D eigenvalue weighted by Crippen LogP contribution is 2.25. The average Bonchev–Trinajstić information content (AvgIpc) is 2.84. The summed E-state index contributed by atoms with van der Waals surface area (Å²) in [6.07, 6.45) is 3.58. The lowest BCUT2D eigenvalue weighted by atomic mass is 10.2. The maximum absolute atomic E-state index is 6.23. The first kappa shape index (κ1) is 13.7. The van der Waals surface area contributed by atoms with Crippen LogP contribution in [0.5, 0.6) is 0 Å².